The first-order valence-electron chi connectivity index (χ1n) is 9.74. The summed E-state index contributed by atoms with van der Waals surface area (Å²) in [5.41, 5.74) is 1.05. The Morgan fingerprint density at radius 2 is 1.97 bits per heavy atom. The van der Waals surface area contributed by atoms with E-state index < -0.39 is 0 Å². The van der Waals surface area contributed by atoms with E-state index in [0.29, 0.717) is 33.7 Å². The Morgan fingerprint density at radius 1 is 1.28 bits per heavy atom. The van der Waals surface area contributed by atoms with Crippen LogP contribution < -0.4 is 10.1 Å². The molecule has 1 N–H and O–H groups in total. The third kappa shape index (κ3) is 5.43. The first kappa shape index (κ1) is 21.5. The monoisotopic (exact) mass is 455 g/mol. The van der Waals surface area contributed by atoms with Gasteiger partial charge in [0, 0.05) is 29.3 Å². The quantitative estimate of drug-likeness (QED) is 0.590. The molecule has 5 nitrogen and oxygen atoms in total. The number of hydrogen-bond donors (Lipinski definition) is 1. The molecule has 1 aromatic carbocycles. The molecule has 29 heavy (non-hydrogen) atoms. The normalized spacial score (nSPS) is 18.1. The van der Waals surface area contributed by atoms with Gasteiger partial charge in [-0.3, -0.25) is 4.79 Å². The summed E-state index contributed by atoms with van der Waals surface area (Å²) < 4.78 is 6.43. The highest BCUT2D eigenvalue weighted by molar-refractivity contribution is 9.10. The third-order valence-corrected chi connectivity index (χ3v) is 5.72. The lowest BCUT2D eigenvalue weighted by atomic mass is 9.74. The Bertz CT molecular complexity index is 947. The van der Waals surface area contributed by atoms with Gasteiger partial charge in [0.15, 0.2) is 5.78 Å². The van der Waals surface area contributed by atoms with Crippen LogP contribution in [0.25, 0.3) is 0 Å². The predicted octanol–water partition coefficient (Wildman–Crippen LogP) is 5.64. The van der Waals surface area contributed by atoms with E-state index in [4.69, 9.17) is 4.74 Å². The van der Waals surface area contributed by atoms with E-state index in [1.807, 2.05) is 0 Å². The van der Waals surface area contributed by atoms with E-state index in [1.165, 1.54) is 0 Å². The number of piperidine rings is 1. The number of aromatic nitrogens is 1. The maximum Gasteiger partial charge on any atom is 0.237 e. The van der Waals surface area contributed by atoms with Crippen LogP contribution in [-0.4, -0.2) is 21.8 Å². The van der Waals surface area contributed by atoms with Gasteiger partial charge in [0.1, 0.15) is 17.4 Å². The van der Waals surface area contributed by atoms with Crippen molar-refractivity contribution in [2.24, 2.45) is 5.92 Å². The number of hydrogen-bond acceptors (Lipinski definition) is 5. The zero-order valence-corrected chi connectivity index (χ0v) is 18.8. The van der Waals surface area contributed by atoms with Crippen LogP contribution in [0.4, 0.5) is 0 Å². The van der Waals surface area contributed by atoms with Gasteiger partial charge in [-0.1, -0.05) is 0 Å². The molecule has 0 aliphatic carbocycles. The molecule has 2 aromatic rings. The fourth-order valence-electron chi connectivity index (χ4n) is 4.48. The van der Waals surface area contributed by atoms with Crippen molar-refractivity contribution in [3.05, 3.63) is 52.1 Å². The van der Waals surface area contributed by atoms with Gasteiger partial charge in [0.25, 0.3) is 0 Å². The second-order valence-corrected chi connectivity index (χ2v) is 9.86. The number of nitrogens with one attached hydrogen (secondary N) is 1. The third-order valence-electron chi connectivity index (χ3n) is 5.10. The molecular weight excluding hydrogens is 430 g/mol. The molecule has 0 unspecified atom stereocenters. The molecule has 1 aliphatic heterocycles. The average molecular weight is 456 g/mol. The minimum atomic E-state index is 0.0200. The number of nitrogens with zero attached hydrogens (tertiary/aromatic N) is 2. The predicted molar refractivity (Wildman–Crippen MR) is 116 cm³/mol. The highest BCUT2D eigenvalue weighted by atomic mass is 79.9. The van der Waals surface area contributed by atoms with Crippen LogP contribution in [0.2, 0.25) is 0 Å². The zero-order chi connectivity index (χ0) is 21.2. The summed E-state index contributed by atoms with van der Waals surface area (Å²) in [6.07, 6.45) is 4.05. The second-order valence-electron chi connectivity index (χ2n) is 9.01. The van der Waals surface area contributed by atoms with Crippen molar-refractivity contribution in [3.63, 3.8) is 0 Å². The number of nitriles is 1. The van der Waals surface area contributed by atoms with E-state index in [2.05, 4.69) is 60.0 Å². The number of carbonyl (C=O) groups excluding carboxylic acids is 1. The number of Topliss-reactive ketones (excluding diaryl/α,β-unsaturated/α-hetero) is 1. The first-order chi connectivity index (χ1) is 13.6. The van der Waals surface area contributed by atoms with E-state index in [-0.39, 0.29) is 22.7 Å². The van der Waals surface area contributed by atoms with Crippen LogP contribution in [0.5, 0.6) is 11.6 Å². The van der Waals surface area contributed by atoms with Gasteiger partial charge in [-0.15, -0.1) is 0 Å². The van der Waals surface area contributed by atoms with E-state index in [1.54, 1.807) is 36.5 Å². The number of ether oxygens (including phenoxy) is 1. The van der Waals surface area contributed by atoms with Crippen LogP contribution in [0.15, 0.2) is 41.0 Å². The summed E-state index contributed by atoms with van der Waals surface area (Å²) in [5.74, 6) is 1.23. The zero-order valence-electron chi connectivity index (χ0n) is 17.3. The molecule has 1 aliphatic rings. The summed E-state index contributed by atoms with van der Waals surface area (Å²) >= 11 is 3.48. The lowest BCUT2D eigenvalue weighted by molar-refractivity contribution is 0.0864. The Kier molecular flexibility index (Phi) is 6.11. The van der Waals surface area contributed by atoms with Gasteiger partial charge in [0.05, 0.1) is 4.47 Å². The van der Waals surface area contributed by atoms with Crippen molar-refractivity contribution in [1.82, 2.24) is 10.3 Å². The van der Waals surface area contributed by atoms with Gasteiger partial charge < -0.3 is 10.1 Å². The summed E-state index contributed by atoms with van der Waals surface area (Å²) in [6.45, 7) is 8.78. The van der Waals surface area contributed by atoms with Gasteiger partial charge in [-0.2, -0.15) is 5.26 Å². The van der Waals surface area contributed by atoms with Crippen molar-refractivity contribution < 1.29 is 9.53 Å². The summed E-state index contributed by atoms with van der Waals surface area (Å²) in [7, 11) is 0. The van der Waals surface area contributed by atoms with Crippen molar-refractivity contribution >= 4 is 21.7 Å². The maximum atomic E-state index is 12.9. The molecule has 152 valence electrons. The molecule has 3 rings (SSSR count). The second kappa shape index (κ2) is 8.25. The topological polar surface area (TPSA) is 75.0 Å². The molecule has 1 fully saturated rings. The van der Waals surface area contributed by atoms with E-state index >= 15 is 0 Å². The molecule has 2 heterocycles. The molecule has 0 atom stereocenters. The molecule has 6 heteroatoms. The van der Waals surface area contributed by atoms with Gasteiger partial charge in [0.2, 0.25) is 5.88 Å². The van der Waals surface area contributed by atoms with E-state index in [0.717, 1.165) is 12.8 Å². The van der Waals surface area contributed by atoms with Crippen molar-refractivity contribution in [2.75, 3.05) is 0 Å². The average Bonchev–Trinajstić information content (AvgIpc) is 2.61. The van der Waals surface area contributed by atoms with Crippen LogP contribution in [0.1, 0.15) is 62.9 Å². The Balaban J connectivity index is 1.73. The maximum absolute atomic E-state index is 12.9. The summed E-state index contributed by atoms with van der Waals surface area (Å²) in [6, 6.07) is 10.7. The molecule has 0 amide bonds. The standard InChI is InChI=1S/C23H26BrN3O2/c1-22(2)12-15(13-23(3,4)27-22)10-19(28)16-7-8-20(18(24)11-16)29-21-17(14-25)6-5-9-26-21/h5-9,11,15,27H,10,12-13H2,1-4H3. The number of benzene rings is 1. The number of pyridine rings is 1. The van der Waals surface area contributed by atoms with Crippen molar-refractivity contribution in [1.29, 1.82) is 5.26 Å². The number of halogens is 1. The van der Waals surface area contributed by atoms with Crippen molar-refractivity contribution in [3.8, 4) is 17.7 Å². The minimum Gasteiger partial charge on any atom is -0.436 e. The molecule has 0 bridgehead atoms. The highest BCUT2D eigenvalue weighted by Gasteiger charge is 2.38. The SMILES string of the molecule is CC1(C)CC(CC(=O)c2ccc(Oc3ncccc3C#N)c(Br)c2)CC(C)(C)N1. The highest BCUT2D eigenvalue weighted by Crippen LogP contribution is 2.36. The lowest BCUT2D eigenvalue weighted by Gasteiger charge is -2.46. The lowest BCUT2D eigenvalue weighted by Crippen LogP contribution is -2.57. The number of ketones is 1. The van der Waals surface area contributed by atoms with Crippen LogP contribution in [-0.2, 0) is 0 Å². The molecule has 1 saturated heterocycles. The smallest absolute Gasteiger partial charge is 0.237 e. The molecule has 0 spiro atoms. The fraction of sp³-hybridized carbons (Fsp3) is 0.435. The van der Waals surface area contributed by atoms with E-state index in [9.17, 15) is 10.1 Å². The molecular formula is C23H26BrN3O2. The minimum absolute atomic E-state index is 0.0200. The first-order valence-corrected chi connectivity index (χ1v) is 10.5. The van der Waals surface area contributed by atoms with Crippen molar-refractivity contribution in [2.45, 2.75) is 58.0 Å². The Hall–Kier alpha value is -2.23. The molecule has 0 saturated carbocycles. The molecule has 0 radical (unpaired) electrons. The Morgan fingerprint density at radius 3 is 2.59 bits per heavy atom. The van der Waals surface area contributed by atoms with Crippen LogP contribution in [0.3, 0.4) is 0 Å². The van der Waals surface area contributed by atoms with Gasteiger partial charge >= 0.3 is 0 Å². The Labute approximate surface area is 180 Å². The van der Waals surface area contributed by atoms with Crippen LogP contribution in [0, 0.1) is 17.2 Å². The number of rotatable bonds is 5. The van der Waals surface area contributed by atoms with Crippen LogP contribution >= 0.6 is 15.9 Å². The fourth-order valence-corrected chi connectivity index (χ4v) is 4.94. The summed E-state index contributed by atoms with van der Waals surface area (Å²) in [5, 5.41) is 12.8. The van der Waals surface area contributed by atoms with Gasteiger partial charge in [-0.25, -0.2) is 4.98 Å². The van der Waals surface area contributed by atoms with Gasteiger partial charge in [-0.05, 0) is 92.7 Å². The number of carbonyl (C=O) groups is 1. The largest absolute Gasteiger partial charge is 0.436 e. The summed E-state index contributed by atoms with van der Waals surface area (Å²) in [4.78, 5) is 17.0. The molecule has 1 aromatic heterocycles.